The highest BCUT2D eigenvalue weighted by molar-refractivity contribution is 6.33. The number of hydrogen-bond acceptors (Lipinski definition) is 5. The van der Waals surface area contributed by atoms with E-state index in [0.29, 0.717) is 35.8 Å². The topological polar surface area (TPSA) is 85.6 Å². The van der Waals surface area contributed by atoms with Gasteiger partial charge in [-0.25, -0.2) is 4.39 Å². The van der Waals surface area contributed by atoms with Crippen LogP contribution in [-0.2, 0) is 4.74 Å². The number of primary amides is 1. The van der Waals surface area contributed by atoms with Crippen LogP contribution in [0.5, 0.6) is 5.75 Å². The second-order valence-electron chi connectivity index (χ2n) is 9.95. The van der Waals surface area contributed by atoms with E-state index in [1.807, 2.05) is 37.4 Å². The summed E-state index contributed by atoms with van der Waals surface area (Å²) < 4.78 is 26.4. The molecule has 8 heteroatoms. The van der Waals surface area contributed by atoms with Crippen LogP contribution in [-0.4, -0.2) is 51.9 Å². The molecule has 0 bridgehead atoms. The number of hydrogen-bond donors (Lipinski definition) is 3. The van der Waals surface area contributed by atoms with Crippen LogP contribution in [0.1, 0.15) is 53.1 Å². The summed E-state index contributed by atoms with van der Waals surface area (Å²) in [6.07, 6.45) is 4.52. The standard InChI is InChI=1S/C31H37ClFN3O3/c1-35-22-9-11-23(12-10-22)36-19-26(20-6-4-3-5-7-20)21-8-14-27(32)25(18-21)29-24(31(34)37)13-15-28(30(29)33)39-17-16-38-2/h3-8,13-15,18,22-23,26,35-36H,9-12,16-17,19H2,1-2H3,(H2,34,37). The Morgan fingerprint density at radius 1 is 1.03 bits per heavy atom. The first-order valence-electron chi connectivity index (χ1n) is 13.4. The van der Waals surface area contributed by atoms with Crippen molar-refractivity contribution in [2.45, 2.75) is 43.7 Å². The summed E-state index contributed by atoms with van der Waals surface area (Å²) in [5, 5.41) is 7.48. The third kappa shape index (κ3) is 7.17. The minimum atomic E-state index is -0.743. The molecular weight excluding hydrogens is 517 g/mol. The highest BCUT2D eigenvalue weighted by Crippen LogP contribution is 2.39. The van der Waals surface area contributed by atoms with Gasteiger partial charge < -0.3 is 25.8 Å². The van der Waals surface area contributed by atoms with Crippen molar-refractivity contribution in [2.24, 2.45) is 5.73 Å². The molecule has 4 rings (SSSR count). The maximum Gasteiger partial charge on any atom is 0.249 e. The van der Waals surface area contributed by atoms with Crippen LogP contribution >= 0.6 is 11.6 Å². The van der Waals surface area contributed by atoms with Gasteiger partial charge in [-0.1, -0.05) is 48.0 Å². The molecule has 1 unspecified atom stereocenters. The molecule has 0 aromatic heterocycles. The first-order valence-corrected chi connectivity index (χ1v) is 13.8. The summed E-state index contributed by atoms with van der Waals surface area (Å²) in [6, 6.07) is 19.7. The van der Waals surface area contributed by atoms with Gasteiger partial charge in [-0.15, -0.1) is 0 Å². The van der Waals surface area contributed by atoms with Gasteiger partial charge in [-0.3, -0.25) is 4.79 Å². The summed E-state index contributed by atoms with van der Waals surface area (Å²) in [5.74, 6) is -1.43. The van der Waals surface area contributed by atoms with Gasteiger partial charge in [0.15, 0.2) is 11.6 Å². The van der Waals surface area contributed by atoms with E-state index in [-0.39, 0.29) is 29.4 Å². The Morgan fingerprint density at radius 2 is 1.74 bits per heavy atom. The van der Waals surface area contributed by atoms with Crippen LogP contribution in [0.4, 0.5) is 4.39 Å². The Hall–Kier alpha value is -2.97. The van der Waals surface area contributed by atoms with Gasteiger partial charge in [0.05, 0.1) is 12.2 Å². The molecule has 4 N–H and O–H groups in total. The third-order valence-corrected chi connectivity index (χ3v) is 7.86. The summed E-state index contributed by atoms with van der Waals surface area (Å²) >= 11 is 6.63. The van der Waals surface area contributed by atoms with Crippen LogP contribution in [0.3, 0.4) is 0 Å². The first-order chi connectivity index (χ1) is 18.9. The second kappa shape index (κ2) is 13.9. The van der Waals surface area contributed by atoms with Gasteiger partial charge in [0.1, 0.15) is 6.61 Å². The number of rotatable bonds is 12. The zero-order valence-corrected chi connectivity index (χ0v) is 23.3. The molecule has 0 aliphatic heterocycles. The van der Waals surface area contributed by atoms with Crippen molar-refractivity contribution in [3.05, 3.63) is 88.2 Å². The van der Waals surface area contributed by atoms with E-state index in [9.17, 15) is 4.79 Å². The normalized spacial score (nSPS) is 18.1. The molecule has 3 aromatic carbocycles. The molecule has 39 heavy (non-hydrogen) atoms. The van der Waals surface area contributed by atoms with Crippen molar-refractivity contribution >= 4 is 17.5 Å². The Morgan fingerprint density at radius 3 is 2.41 bits per heavy atom. The molecule has 1 atom stereocenters. The smallest absolute Gasteiger partial charge is 0.249 e. The minimum absolute atomic E-state index is 0.00645. The Labute approximate surface area is 235 Å². The molecule has 0 spiro atoms. The Balaban J connectivity index is 1.70. The zero-order valence-electron chi connectivity index (χ0n) is 22.5. The quantitative estimate of drug-likeness (QED) is 0.257. The summed E-state index contributed by atoms with van der Waals surface area (Å²) in [7, 11) is 3.56. The number of amides is 1. The molecule has 1 fully saturated rings. The lowest BCUT2D eigenvalue weighted by atomic mass is 9.87. The lowest BCUT2D eigenvalue weighted by Gasteiger charge is -2.30. The largest absolute Gasteiger partial charge is 0.488 e. The summed E-state index contributed by atoms with van der Waals surface area (Å²) in [6.45, 7) is 1.17. The van der Waals surface area contributed by atoms with E-state index in [2.05, 4.69) is 22.8 Å². The SMILES string of the molecule is CNC1CCC(NCC(c2ccccc2)c2ccc(Cl)c(-c3c(C(N)=O)ccc(OCCOC)c3F)c2)CC1. The van der Waals surface area contributed by atoms with Crippen LogP contribution < -0.4 is 21.1 Å². The average molecular weight is 554 g/mol. The lowest BCUT2D eigenvalue weighted by Crippen LogP contribution is -2.40. The van der Waals surface area contributed by atoms with Gasteiger partial charge in [-0.2, -0.15) is 0 Å². The number of methoxy groups -OCH3 is 1. The predicted octanol–water partition coefficient (Wildman–Crippen LogP) is 5.52. The molecule has 3 aromatic rings. The summed E-state index contributed by atoms with van der Waals surface area (Å²) in [4.78, 5) is 12.3. The van der Waals surface area contributed by atoms with Gasteiger partial charge in [0.25, 0.3) is 0 Å². The molecule has 1 amide bonds. The fraction of sp³-hybridized carbons (Fsp3) is 0.387. The van der Waals surface area contributed by atoms with Crippen LogP contribution in [0.2, 0.25) is 5.02 Å². The fourth-order valence-corrected chi connectivity index (χ4v) is 5.52. The summed E-state index contributed by atoms with van der Waals surface area (Å²) in [5.41, 5.74) is 8.22. The monoisotopic (exact) mass is 553 g/mol. The predicted molar refractivity (Wildman–Crippen MR) is 154 cm³/mol. The number of ether oxygens (including phenoxy) is 2. The number of benzene rings is 3. The van der Waals surface area contributed by atoms with Crippen molar-refractivity contribution in [3.8, 4) is 16.9 Å². The van der Waals surface area contributed by atoms with Gasteiger partial charge >= 0.3 is 0 Å². The molecule has 0 heterocycles. The Kier molecular flexibility index (Phi) is 10.3. The van der Waals surface area contributed by atoms with Crippen molar-refractivity contribution in [1.82, 2.24) is 10.6 Å². The van der Waals surface area contributed by atoms with Gasteiger partial charge in [-0.05, 0) is 68.1 Å². The lowest BCUT2D eigenvalue weighted by molar-refractivity contribution is 0.1000. The molecule has 1 aliphatic rings. The van der Waals surface area contributed by atoms with Crippen molar-refractivity contribution in [3.63, 3.8) is 0 Å². The van der Waals surface area contributed by atoms with E-state index >= 15 is 4.39 Å². The maximum absolute atomic E-state index is 15.8. The average Bonchev–Trinajstić information content (AvgIpc) is 2.95. The Bertz CT molecular complexity index is 1250. The van der Waals surface area contributed by atoms with Crippen LogP contribution in [0.15, 0.2) is 60.7 Å². The van der Waals surface area contributed by atoms with Crippen molar-refractivity contribution in [1.29, 1.82) is 0 Å². The zero-order chi connectivity index (χ0) is 27.8. The fourth-order valence-electron chi connectivity index (χ4n) is 5.31. The number of nitrogens with two attached hydrogens (primary N) is 1. The molecule has 1 aliphatic carbocycles. The minimum Gasteiger partial charge on any atom is -0.488 e. The number of halogens is 2. The first kappa shape index (κ1) is 29.0. The van der Waals surface area contributed by atoms with E-state index in [1.165, 1.54) is 19.2 Å². The van der Waals surface area contributed by atoms with Crippen molar-refractivity contribution in [2.75, 3.05) is 33.9 Å². The van der Waals surface area contributed by atoms with E-state index < -0.39 is 11.7 Å². The highest BCUT2D eigenvalue weighted by atomic mass is 35.5. The van der Waals surface area contributed by atoms with E-state index in [0.717, 1.165) is 36.8 Å². The molecular formula is C31H37ClFN3O3. The maximum atomic E-state index is 15.8. The van der Waals surface area contributed by atoms with E-state index in [1.54, 1.807) is 6.07 Å². The highest BCUT2D eigenvalue weighted by Gasteiger charge is 2.25. The van der Waals surface area contributed by atoms with Crippen LogP contribution in [0, 0.1) is 5.82 Å². The van der Waals surface area contributed by atoms with Gasteiger partial charge in [0.2, 0.25) is 5.91 Å². The second-order valence-corrected chi connectivity index (χ2v) is 10.4. The van der Waals surface area contributed by atoms with Gasteiger partial charge in [0, 0.05) is 47.8 Å². The number of carbonyl (C=O) groups excluding carboxylic acids is 1. The van der Waals surface area contributed by atoms with Crippen LogP contribution in [0.25, 0.3) is 11.1 Å². The molecule has 0 saturated heterocycles. The number of carbonyl (C=O) groups is 1. The molecule has 0 radical (unpaired) electrons. The van der Waals surface area contributed by atoms with E-state index in [4.69, 9.17) is 26.8 Å². The van der Waals surface area contributed by atoms with Crippen molar-refractivity contribution < 1.29 is 18.7 Å². The molecule has 1 saturated carbocycles. The number of nitrogens with one attached hydrogen (secondary N) is 2. The molecule has 208 valence electrons. The molecule has 6 nitrogen and oxygen atoms in total. The third-order valence-electron chi connectivity index (χ3n) is 7.53.